The summed E-state index contributed by atoms with van der Waals surface area (Å²) in [6.07, 6.45) is 5.49. The molecule has 5 heteroatoms. The van der Waals surface area contributed by atoms with Gasteiger partial charge in [-0.15, -0.1) is 0 Å². The van der Waals surface area contributed by atoms with E-state index >= 15 is 0 Å². The molecule has 3 unspecified atom stereocenters. The van der Waals surface area contributed by atoms with Gasteiger partial charge in [-0.1, -0.05) is 38.0 Å². The van der Waals surface area contributed by atoms with Gasteiger partial charge in [0.15, 0.2) is 5.60 Å². The van der Waals surface area contributed by atoms with Gasteiger partial charge in [-0.05, 0) is 37.3 Å². The zero-order valence-electron chi connectivity index (χ0n) is 15.0. The van der Waals surface area contributed by atoms with Crippen molar-refractivity contribution >= 4 is 11.9 Å². The van der Waals surface area contributed by atoms with Gasteiger partial charge in [0.05, 0.1) is 18.3 Å². The molecule has 1 fully saturated rings. The summed E-state index contributed by atoms with van der Waals surface area (Å²) in [6, 6.07) is 7.27. The van der Waals surface area contributed by atoms with Crippen LogP contribution in [-0.4, -0.2) is 36.7 Å². The van der Waals surface area contributed by atoms with Crippen molar-refractivity contribution in [2.24, 2.45) is 5.92 Å². The second-order valence-electron chi connectivity index (χ2n) is 7.38. The van der Waals surface area contributed by atoms with Crippen molar-refractivity contribution in [2.75, 3.05) is 13.2 Å². The summed E-state index contributed by atoms with van der Waals surface area (Å²) in [5.41, 5.74) is 0.231. The third-order valence-corrected chi connectivity index (χ3v) is 5.32. The Bertz CT molecular complexity index is 644. The highest BCUT2D eigenvalue weighted by Crippen LogP contribution is 2.28. The van der Waals surface area contributed by atoms with Gasteiger partial charge in [0.25, 0.3) is 5.91 Å². The quantitative estimate of drug-likeness (QED) is 0.658. The first kappa shape index (κ1) is 17.9. The molecule has 0 radical (unpaired) electrons. The number of carbonyl (C=O) groups is 2. The Kier molecular flexibility index (Phi) is 5.42. The van der Waals surface area contributed by atoms with Gasteiger partial charge in [0, 0.05) is 13.0 Å². The van der Waals surface area contributed by atoms with E-state index in [0.29, 0.717) is 37.2 Å². The van der Waals surface area contributed by atoms with Crippen LogP contribution in [0.5, 0.6) is 0 Å². The molecule has 1 aliphatic heterocycles. The predicted octanol–water partition coefficient (Wildman–Crippen LogP) is 2.87. The molecule has 3 rings (SSSR count). The molecule has 2 aliphatic rings. The zero-order valence-corrected chi connectivity index (χ0v) is 15.0. The lowest BCUT2D eigenvalue weighted by molar-refractivity contribution is -0.140. The average molecular weight is 345 g/mol. The number of ether oxygens (including phenoxy) is 2. The minimum Gasteiger partial charge on any atom is -0.445 e. The number of benzene rings is 1. The summed E-state index contributed by atoms with van der Waals surface area (Å²) in [5, 5.41) is 2.86. The minimum absolute atomic E-state index is 0.268. The maximum absolute atomic E-state index is 12.5. The molecule has 1 aliphatic carbocycles. The van der Waals surface area contributed by atoms with Gasteiger partial charge >= 0.3 is 5.97 Å². The summed E-state index contributed by atoms with van der Waals surface area (Å²) in [6.45, 7) is 4.81. The third kappa shape index (κ3) is 4.03. The van der Waals surface area contributed by atoms with Crippen LogP contribution in [0.15, 0.2) is 24.3 Å². The van der Waals surface area contributed by atoms with Crippen LogP contribution in [0.4, 0.5) is 0 Å². The number of amides is 1. The minimum atomic E-state index is -1.16. The summed E-state index contributed by atoms with van der Waals surface area (Å²) in [7, 11) is 0. The third-order valence-electron chi connectivity index (χ3n) is 5.32. The molecular formula is C20H27NO4. The molecule has 1 aromatic carbocycles. The van der Waals surface area contributed by atoms with Crippen LogP contribution in [0.25, 0.3) is 0 Å². The van der Waals surface area contributed by atoms with Crippen molar-refractivity contribution in [3.63, 3.8) is 0 Å². The summed E-state index contributed by atoms with van der Waals surface area (Å²) in [4.78, 5) is 24.7. The van der Waals surface area contributed by atoms with E-state index in [2.05, 4.69) is 12.2 Å². The fourth-order valence-corrected chi connectivity index (χ4v) is 3.75. The molecule has 0 saturated heterocycles. The molecule has 0 bridgehead atoms. The van der Waals surface area contributed by atoms with Crippen molar-refractivity contribution in [2.45, 2.75) is 57.7 Å². The molecule has 0 aromatic heterocycles. The van der Waals surface area contributed by atoms with E-state index in [-0.39, 0.29) is 5.91 Å². The van der Waals surface area contributed by atoms with E-state index in [4.69, 9.17) is 9.47 Å². The first-order valence-electron chi connectivity index (χ1n) is 9.21. The number of hydrogen-bond acceptors (Lipinski definition) is 4. The van der Waals surface area contributed by atoms with Crippen molar-refractivity contribution in [3.05, 3.63) is 35.4 Å². The maximum Gasteiger partial charge on any atom is 0.339 e. The molecule has 1 saturated carbocycles. The fourth-order valence-electron chi connectivity index (χ4n) is 3.75. The maximum atomic E-state index is 12.5. The standard InChI is InChI=1S/C20H27NO4/c1-14-7-3-6-10-17(14)24-12-11-21-19(23)20(2)13-15-8-4-5-9-16(15)18(22)25-20/h4-5,8-9,14,17H,3,6-7,10-13H2,1-2H3,(H,21,23). The van der Waals surface area contributed by atoms with Crippen LogP contribution in [0.2, 0.25) is 0 Å². The van der Waals surface area contributed by atoms with Crippen molar-refractivity contribution in [1.82, 2.24) is 5.32 Å². The van der Waals surface area contributed by atoms with E-state index in [9.17, 15) is 9.59 Å². The van der Waals surface area contributed by atoms with Gasteiger partial charge in [0.1, 0.15) is 0 Å². The van der Waals surface area contributed by atoms with Gasteiger partial charge in [0.2, 0.25) is 0 Å². The lowest BCUT2D eigenvalue weighted by Crippen LogP contribution is -2.52. The monoisotopic (exact) mass is 345 g/mol. The predicted molar refractivity (Wildman–Crippen MR) is 94.3 cm³/mol. The number of cyclic esters (lactones) is 1. The Morgan fingerprint density at radius 1 is 1.32 bits per heavy atom. The highest BCUT2D eigenvalue weighted by Gasteiger charge is 2.42. The molecule has 0 spiro atoms. The van der Waals surface area contributed by atoms with E-state index in [1.807, 2.05) is 12.1 Å². The number of nitrogens with one attached hydrogen (secondary N) is 1. The first-order chi connectivity index (χ1) is 12.0. The Morgan fingerprint density at radius 3 is 2.88 bits per heavy atom. The van der Waals surface area contributed by atoms with Gasteiger partial charge < -0.3 is 14.8 Å². The Labute approximate surface area is 149 Å². The molecule has 136 valence electrons. The Balaban J connectivity index is 1.50. The summed E-state index contributed by atoms with van der Waals surface area (Å²) in [5.74, 6) is -0.125. The number of esters is 1. The van der Waals surface area contributed by atoms with Crippen LogP contribution >= 0.6 is 0 Å². The SMILES string of the molecule is CC1CCCCC1OCCNC(=O)C1(C)Cc2ccccc2C(=O)O1. The van der Waals surface area contributed by atoms with Crippen molar-refractivity contribution in [3.8, 4) is 0 Å². The largest absolute Gasteiger partial charge is 0.445 e. The van der Waals surface area contributed by atoms with E-state index in [1.165, 1.54) is 19.3 Å². The first-order valence-corrected chi connectivity index (χ1v) is 9.21. The molecule has 5 nitrogen and oxygen atoms in total. The molecule has 1 amide bonds. The molecule has 1 aromatic rings. The van der Waals surface area contributed by atoms with Crippen LogP contribution in [0.3, 0.4) is 0 Å². The smallest absolute Gasteiger partial charge is 0.339 e. The van der Waals surface area contributed by atoms with Crippen molar-refractivity contribution < 1.29 is 19.1 Å². The molecule has 3 atom stereocenters. The lowest BCUT2D eigenvalue weighted by atomic mass is 9.88. The topological polar surface area (TPSA) is 64.6 Å². The van der Waals surface area contributed by atoms with Crippen LogP contribution in [0, 0.1) is 5.92 Å². The summed E-state index contributed by atoms with van der Waals surface area (Å²) < 4.78 is 11.4. The number of rotatable bonds is 5. The van der Waals surface area contributed by atoms with E-state index in [0.717, 1.165) is 12.0 Å². The second kappa shape index (κ2) is 7.56. The highest BCUT2D eigenvalue weighted by molar-refractivity contribution is 5.97. The van der Waals surface area contributed by atoms with E-state index < -0.39 is 11.6 Å². The average Bonchev–Trinajstić information content (AvgIpc) is 2.60. The van der Waals surface area contributed by atoms with Gasteiger partial charge in [-0.2, -0.15) is 0 Å². The number of fused-ring (bicyclic) bond motifs is 1. The van der Waals surface area contributed by atoms with Crippen LogP contribution in [-0.2, 0) is 20.7 Å². The zero-order chi connectivity index (χ0) is 17.9. The molecule has 1 N–H and O–H groups in total. The van der Waals surface area contributed by atoms with Crippen LogP contribution < -0.4 is 5.32 Å². The molecule has 1 heterocycles. The second-order valence-corrected chi connectivity index (χ2v) is 7.38. The van der Waals surface area contributed by atoms with Gasteiger partial charge in [-0.25, -0.2) is 4.79 Å². The normalized spacial score (nSPS) is 28.8. The fraction of sp³-hybridized carbons (Fsp3) is 0.600. The Hall–Kier alpha value is -1.88. The molecular weight excluding hydrogens is 318 g/mol. The van der Waals surface area contributed by atoms with Gasteiger partial charge in [-0.3, -0.25) is 4.79 Å². The Morgan fingerprint density at radius 2 is 2.08 bits per heavy atom. The van der Waals surface area contributed by atoms with Crippen molar-refractivity contribution in [1.29, 1.82) is 0 Å². The molecule has 25 heavy (non-hydrogen) atoms. The number of hydrogen-bond donors (Lipinski definition) is 1. The number of carbonyl (C=O) groups excluding carboxylic acids is 2. The lowest BCUT2D eigenvalue weighted by Gasteiger charge is -2.33. The summed E-state index contributed by atoms with van der Waals surface area (Å²) >= 11 is 0. The van der Waals surface area contributed by atoms with E-state index in [1.54, 1.807) is 19.1 Å². The van der Waals surface area contributed by atoms with Crippen LogP contribution in [0.1, 0.15) is 55.5 Å². The highest BCUT2D eigenvalue weighted by atomic mass is 16.6.